The summed E-state index contributed by atoms with van der Waals surface area (Å²) >= 11 is 0. The molecule has 2 aromatic carbocycles. The van der Waals surface area contributed by atoms with Crippen molar-refractivity contribution in [2.75, 3.05) is 66.5 Å². The number of aliphatic hydroxyl groups excluding tert-OH is 1. The van der Waals surface area contributed by atoms with Crippen molar-refractivity contribution in [2.24, 2.45) is 0 Å². The number of nitrogen functional groups attached to an aromatic ring is 1. The minimum atomic E-state index is -3.56. The zero-order chi connectivity index (χ0) is 22.1. The van der Waals surface area contributed by atoms with Gasteiger partial charge >= 0.3 is 0 Å². The number of sulfonamides is 1. The third-order valence-electron chi connectivity index (χ3n) is 4.71. The third kappa shape index (κ3) is 6.51. The first-order valence-corrected chi connectivity index (χ1v) is 11.9. The number of hydrazine groups is 1. The Hall–Kier alpha value is -2.49. The Morgan fingerprint density at radius 2 is 1.53 bits per heavy atom. The molecule has 2 rings (SSSR count). The highest BCUT2D eigenvalue weighted by molar-refractivity contribution is 7.88. The monoisotopic (exact) mass is 435 g/mol. The van der Waals surface area contributed by atoms with Crippen molar-refractivity contribution in [3.05, 3.63) is 48.5 Å². The molecule has 0 aliphatic carbocycles. The molecule has 0 atom stereocenters. The molecule has 0 aliphatic heterocycles. The summed E-state index contributed by atoms with van der Waals surface area (Å²) in [7, 11) is -3.56. The number of aliphatic hydroxyl groups is 1. The first-order valence-electron chi connectivity index (χ1n) is 10.1. The van der Waals surface area contributed by atoms with Crippen molar-refractivity contribution in [3.8, 4) is 0 Å². The van der Waals surface area contributed by atoms with Crippen LogP contribution in [0.25, 0.3) is 0 Å². The number of hydrogen-bond donors (Lipinski definition) is 3. The Kier molecular flexibility index (Phi) is 8.76. The molecule has 0 aromatic heterocycles. The van der Waals surface area contributed by atoms with Crippen LogP contribution >= 0.6 is 0 Å². The summed E-state index contributed by atoms with van der Waals surface area (Å²) in [5.41, 5.74) is 9.09. The number of hydrogen-bond acceptors (Lipinski definition) is 7. The second-order valence-corrected chi connectivity index (χ2v) is 8.79. The lowest BCUT2D eigenvalue weighted by Crippen LogP contribution is -2.50. The van der Waals surface area contributed by atoms with Crippen molar-refractivity contribution in [3.63, 3.8) is 0 Å². The second-order valence-electron chi connectivity index (χ2n) is 6.90. The topological polar surface area (TPSA) is 102 Å². The van der Waals surface area contributed by atoms with Crippen LogP contribution in [0.15, 0.2) is 48.5 Å². The summed E-state index contributed by atoms with van der Waals surface area (Å²) in [5, 5.41) is 14.4. The zero-order valence-electron chi connectivity index (χ0n) is 18.0. The predicted octanol–water partition coefficient (Wildman–Crippen LogP) is 2.20. The quantitative estimate of drug-likeness (QED) is 0.347. The van der Waals surface area contributed by atoms with Crippen molar-refractivity contribution in [1.82, 2.24) is 4.41 Å². The van der Waals surface area contributed by atoms with Gasteiger partial charge in [-0.25, -0.2) is 8.42 Å². The lowest BCUT2D eigenvalue weighted by Gasteiger charge is -2.36. The number of benzene rings is 2. The van der Waals surface area contributed by atoms with E-state index in [4.69, 9.17) is 5.73 Å². The smallest absolute Gasteiger partial charge is 0.228 e. The van der Waals surface area contributed by atoms with E-state index < -0.39 is 10.0 Å². The molecule has 0 unspecified atom stereocenters. The molecule has 4 N–H and O–H groups in total. The minimum absolute atomic E-state index is 0.168. The normalized spacial score (nSPS) is 11.5. The first kappa shape index (κ1) is 23.8. The fourth-order valence-electron chi connectivity index (χ4n) is 3.25. The van der Waals surface area contributed by atoms with Gasteiger partial charge in [0.2, 0.25) is 10.0 Å². The summed E-state index contributed by atoms with van der Waals surface area (Å²) in [6.07, 6.45) is 1.18. The van der Waals surface area contributed by atoms with E-state index >= 15 is 0 Å². The number of anilines is 4. The number of nitrogens with zero attached hydrogens (tertiary/aromatic N) is 3. The van der Waals surface area contributed by atoms with E-state index in [1.165, 1.54) is 10.7 Å². The van der Waals surface area contributed by atoms with Gasteiger partial charge in [-0.15, -0.1) is 4.41 Å². The Morgan fingerprint density at radius 3 is 2.03 bits per heavy atom. The van der Waals surface area contributed by atoms with E-state index in [1.54, 1.807) is 5.01 Å². The fourth-order valence-corrected chi connectivity index (χ4v) is 4.19. The van der Waals surface area contributed by atoms with Gasteiger partial charge in [-0.1, -0.05) is 0 Å². The van der Waals surface area contributed by atoms with Crippen LogP contribution in [0.4, 0.5) is 22.7 Å². The van der Waals surface area contributed by atoms with Gasteiger partial charge < -0.3 is 21.1 Å². The lowest BCUT2D eigenvalue weighted by atomic mass is 10.2. The molecule has 9 heteroatoms. The van der Waals surface area contributed by atoms with Crippen LogP contribution in [-0.2, 0) is 10.0 Å². The van der Waals surface area contributed by atoms with Crippen LogP contribution in [0.5, 0.6) is 0 Å². The molecule has 0 saturated carbocycles. The molecule has 0 fully saturated rings. The average molecular weight is 436 g/mol. The molecular formula is C21H33N5O3S. The van der Waals surface area contributed by atoms with Crippen LogP contribution in [0, 0.1) is 0 Å². The number of nitrogens with two attached hydrogens (primary N) is 1. The molecule has 166 valence electrons. The van der Waals surface area contributed by atoms with Gasteiger partial charge in [0.25, 0.3) is 0 Å². The van der Waals surface area contributed by atoms with Crippen LogP contribution in [-0.4, -0.2) is 63.5 Å². The van der Waals surface area contributed by atoms with Gasteiger partial charge in [-0.3, -0.25) is 5.01 Å². The van der Waals surface area contributed by atoms with Crippen molar-refractivity contribution in [2.45, 2.75) is 13.8 Å². The molecule has 0 saturated heterocycles. The molecule has 8 nitrogen and oxygen atoms in total. The maximum absolute atomic E-state index is 12.6. The van der Waals surface area contributed by atoms with Crippen LogP contribution < -0.4 is 21.0 Å². The summed E-state index contributed by atoms with van der Waals surface area (Å²) in [5.74, 6) is 0. The van der Waals surface area contributed by atoms with Gasteiger partial charge in [0.1, 0.15) is 0 Å². The van der Waals surface area contributed by atoms with Gasteiger partial charge in [-0.05, 0) is 62.4 Å². The summed E-state index contributed by atoms with van der Waals surface area (Å²) in [6.45, 7) is 6.28. The molecule has 0 amide bonds. The highest BCUT2D eigenvalue weighted by Crippen LogP contribution is 2.22. The van der Waals surface area contributed by atoms with E-state index in [0.717, 1.165) is 24.5 Å². The number of nitrogens with one attached hydrogen (secondary N) is 1. The molecule has 0 aliphatic rings. The van der Waals surface area contributed by atoms with Crippen molar-refractivity contribution < 1.29 is 13.5 Å². The van der Waals surface area contributed by atoms with Crippen LogP contribution in [0.2, 0.25) is 0 Å². The Labute approximate surface area is 179 Å². The highest BCUT2D eigenvalue weighted by atomic mass is 32.2. The first-order chi connectivity index (χ1) is 14.3. The summed E-state index contributed by atoms with van der Waals surface area (Å²) < 4.78 is 26.6. The van der Waals surface area contributed by atoms with Gasteiger partial charge in [-0.2, -0.15) is 0 Å². The van der Waals surface area contributed by atoms with Gasteiger partial charge in [0, 0.05) is 36.7 Å². The number of likely N-dealkylation sites (N-methyl/N-ethyl adjacent to an activating group) is 1. The third-order valence-corrected chi connectivity index (χ3v) is 5.86. The predicted molar refractivity (Wildman–Crippen MR) is 125 cm³/mol. The molecule has 0 radical (unpaired) electrons. The van der Waals surface area contributed by atoms with Crippen LogP contribution in [0.3, 0.4) is 0 Å². The Balaban J connectivity index is 2.25. The van der Waals surface area contributed by atoms with Gasteiger partial charge in [0.05, 0.1) is 31.6 Å². The minimum Gasteiger partial charge on any atom is -0.399 e. The second kappa shape index (κ2) is 11.1. The molecule has 0 spiro atoms. The number of rotatable bonds is 12. The standard InChI is InChI=1S/C21H33N5O3S/c1-4-23-19-8-12-21(13-9-19)25(16-17-27)26(30(3,28)29)15-14-24(5-2)20-10-6-18(22)7-11-20/h6-13,23,27H,4-5,14-17,22H2,1-3H3. The maximum atomic E-state index is 12.6. The highest BCUT2D eigenvalue weighted by Gasteiger charge is 2.25. The van der Waals surface area contributed by atoms with Crippen molar-refractivity contribution >= 4 is 32.8 Å². The zero-order valence-corrected chi connectivity index (χ0v) is 18.8. The van der Waals surface area contributed by atoms with Gasteiger partial charge in [0.15, 0.2) is 0 Å². The Bertz CT molecular complexity index is 873. The fraction of sp³-hybridized carbons (Fsp3) is 0.429. The van der Waals surface area contributed by atoms with E-state index in [0.29, 0.717) is 17.9 Å². The van der Waals surface area contributed by atoms with E-state index in [-0.39, 0.29) is 19.7 Å². The van der Waals surface area contributed by atoms with E-state index in [9.17, 15) is 13.5 Å². The maximum Gasteiger partial charge on any atom is 0.228 e. The SMILES string of the molecule is CCNc1ccc(N(CCO)N(CCN(CC)c2ccc(N)cc2)S(C)(=O)=O)cc1. The lowest BCUT2D eigenvalue weighted by molar-refractivity contribution is 0.276. The molecule has 0 heterocycles. The summed E-state index contributed by atoms with van der Waals surface area (Å²) in [4.78, 5) is 2.09. The molecular weight excluding hydrogens is 402 g/mol. The van der Waals surface area contributed by atoms with Crippen LogP contribution in [0.1, 0.15) is 13.8 Å². The molecule has 2 aromatic rings. The summed E-state index contributed by atoms with van der Waals surface area (Å²) in [6, 6.07) is 15.0. The average Bonchev–Trinajstić information content (AvgIpc) is 2.71. The molecule has 30 heavy (non-hydrogen) atoms. The van der Waals surface area contributed by atoms with Crippen molar-refractivity contribution in [1.29, 1.82) is 0 Å². The largest absolute Gasteiger partial charge is 0.399 e. The van der Waals surface area contributed by atoms with E-state index in [2.05, 4.69) is 10.2 Å². The molecule has 0 bridgehead atoms. The van der Waals surface area contributed by atoms with E-state index in [1.807, 2.05) is 62.4 Å². The Morgan fingerprint density at radius 1 is 0.933 bits per heavy atom.